The molecule has 1 aromatic rings. The number of aryl methyl sites for hydroxylation is 1. The highest BCUT2D eigenvalue weighted by atomic mass is 19.1. The van der Waals surface area contributed by atoms with Crippen LogP contribution in [0.4, 0.5) is 4.39 Å². The molecule has 98 valence electrons. The topological polar surface area (TPSA) is 66.4 Å². The molecule has 1 amide bonds. The summed E-state index contributed by atoms with van der Waals surface area (Å²) in [4.78, 5) is 22.2. The van der Waals surface area contributed by atoms with Gasteiger partial charge in [0.25, 0.3) is 5.91 Å². The van der Waals surface area contributed by atoms with Crippen molar-refractivity contribution in [3.8, 4) is 0 Å². The number of hydrogen-bond acceptors (Lipinski definition) is 2. The normalized spacial score (nSPS) is 11.9. The van der Waals surface area contributed by atoms with E-state index < -0.39 is 5.97 Å². The SMILES string of the molecule is Cc1cc(F)ccc1C(=O)NC(C)CCC(=O)O. The van der Waals surface area contributed by atoms with Crippen LogP contribution in [0, 0.1) is 12.7 Å². The average molecular weight is 253 g/mol. The van der Waals surface area contributed by atoms with Gasteiger partial charge in [-0.05, 0) is 44.0 Å². The minimum absolute atomic E-state index is 0.00382. The minimum atomic E-state index is -0.894. The molecule has 0 aliphatic carbocycles. The van der Waals surface area contributed by atoms with Crippen LogP contribution in [0.15, 0.2) is 18.2 Å². The summed E-state index contributed by atoms with van der Waals surface area (Å²) in [5.74, 6) is -1.59. The Morgan fingerprint density at radius 2 is 2.11 bits per heavy atom. The lowest BCUT2D eigenvalue weighted by atomic mass is 10.1. The first-order valence-corrected chi connectivity index (χ1v) is 5.69. The number of rotatable bonds is 5. The Labute approximate surface area is 105 Å². The molecule has 18 heavy (non-hydrogen) atoms. The molecule has 5 heteroatoms. The molecule has 1 unspecified atom stereocenters. The zero-order chi connectivity index (χ0) is 13.7. The molecule has 1 aromatic carbocycles. The van der Waals surface area contributed by atoms with Crippen LogP contribution < -0.4 is 5.32 Å². The maximum atomic E-state index is 12.9. The molecule has 0 aromatic heterocycles. The van der Waals surface area contributed by atoms with Gasteiger partial charge < -0.3 is 10.4 Å². The summed E-state index contributed by atoms with van der Waals surface area (Å²) in [5, 5.41) is 11.2. The zero-order valence-electron chi connectivity index (χ0n) is 10.4. The van der Waals surface area contributed by atoms with Gasteiger partial charge in [-0.3, -0.25) is 9.59 Å². The number of carbonyl (C=O) groups is 2. The molecule has 1 atom stereocenters. The Bertz CT molecular complexity index is 460. The Hall–Kier alpha value is -1.91. The van der Waals surface area contributed by atoms with E-state index in [1.165, 1.54) is 18.2 Å². The standard InChI is InChI=1S/C13H16FNO3/c1-8-7-10(14)4-5-11(8)13(18)15-9(2)3-6-12(16)17/h4-5,7,9H,3,6H2,1-2H3,(H,15,18)(H,16,17). The maximum absolute atomic E-state index is 12.9. The van der Waals surface area contributed by atoms with Gasteiger partial charge in [-0.15, -0.1) is 0 Å². The van der Waals surface area contributed by atoms with Crippen molar-refractivity contribution in [3.63, 3.8) is 0 Å². The highest BCUT2D eigenvalue weighted by Gasteiger charge is 2.13. The minimum Gasteiger partial charge on any atom is -0.481 e. The van der Waals surface area contributed by atoms with Crippen LogP contribution in [0.5, 0.6) is 0 Å². The van der Waals surface area contributed by atoms with Crippen molar-refractivity contribution in [3.05, 3.63) is 35.1 Å². The number of benzene rings is 1. The third-order valence-corrected chi connectivity index (χ3v) is 2.60. The first-order valence-electron chi connectivity index (χ1n) is 5.69. The highest BCUT2D eigenvalue weighted by Crippen LogP contribution is 2.10. The number of hydrogen-bond donors (Lipinski definition) is 2. The maximum Gasteiger partial charge on any atom is 0.303 e. The molecule has 2 N–H and O–H groups in total. The van der Waals surface area contributed by atoms with E-state index in [4.69, 9.17) is 5.11 Å². The Kier molecular flexibility index (Phi) is 4.83. The van der Waals surface area contributed by atoms with Crippen molar-refractivity contribution in [2.75, 3.05) is 0 Å². The van der Waals surface area contributed by atoms with Gasteiger partial charge in [0.1, 0.15) is 5.82 Å². The Morgan fingerprint density at radius 3 is 2.67 bits per heavy atom. The van der Waals surface area contributed by atoms with Crippen LogP contribution in [0.1, 0.15) is 35.7 Å². The van der Waals surface area contributed by atoms with Crippen LogP contribution in [0.3, 0.4) is 0 Å². The van der Waals surface area contributed by atoms with E-state index in [9.17, 15) is 14.0 Å². The second-order valence-electron chi connectivity index (χ2n) is 4.27. The van der Waals surface area contributed by atoms with Crippen molar-refractivity contribution >= 4 is 11.9 Å². The van der Waals surface area contributed by atoms with Gasteiger partial charge >= 0.3 is 5.97 Å². The number of carbonyl (C=O) groups excluding carboxylic acids is 1. The largest absolute Gasteiger partial charge is 0.481 e. The number of nitrogens with one attached hydrogen (secondary N) is 1. The Morgan fingerprint density at radius 1 is 1.44 bits per heavy atom. The predicted molar refractivity (Wildman–Crippen MR) is 64.9 cm³/mol. The number of aliphatic carboxylic acids is 1. The fourth-order valence-corrected chi connectivity index (χ4v) is 1.60. The van der Waals surface area contributed by atoms with Crippen LogP contribution in [-0.4, -0.2) is 23.0 Å². The van der Waals surface area contributed by atoms with E-state index in [1.54, 1.807) is 13.8 Å². The summed E-state index contributed by atoms with van der Waals surface area (Å²) in [6.45, 7) is 3.39. The quantitative estimate of drug-likeness (QED) is 0.844. The summed E-state index contributed by atoms with van der Waals surface area (Å²) in [5.41, 5.74) is 0.955. The lowest BCUT2D eigenvalue weighted by Gasteiger charge is -2.13. The lowest BCUT2D eigenvalue weighted by molar-refractivity contribution is -0.137. The monoisotopic (exact) mass is 253 g/mol. The molecule has 0 bridgehead atoms. The molecule has 0 saturated heterocycles. The Balaban J connectivity index is 2.62. The molecule has 1 rings (SSSR count). The fraction of sp³-hybridized carbons (Fsp3) is 0.385. The molecule has 0 aliphatic heterocycles. The van der Waals surface area contributed by atoms with Gasteiger partial charge in [0.15, 0.2) is 0 Å². The molecule has 0 aliphatic rings. The van der Waals surface area contributed by atoms with E-state index in [1.807, 2.05) is 0 Å². The van der Waals surface area contributed by atoms with Gasteiger partial charge in [0.2, 0.25) is 0 Å². The fourth-order valence-electron chi connectivity index (χ4n) is 1.60. The van der Waals surface area contributed by atoms with Crippen LogP contribution in [0.25, 0.3) is 0 Å². The van der Waals surface area contributed by atoms with E-state index in [0.717, 1.165) is 0 Å². The van der Waals surface area contributed by atoms with E-state index >= 15 is 0 Å². The van der Waals surface area contributed by atoms with Crippen LogP contribution in [0.2, 0.25) is 0 Å². The van der Waals surface area contributed by atoms with E-state index in [0.29, 0.717) is 17.5 Å². The predicted octanol–water partition coefficient (Wildman–Crippen LogP) is 2.12. The molecule has 0 radical (unpaired) electrons. The van der Waals surface area contributed by atoms with Gasteiger partial charge in [-0.25, -0.2) is 4.39 Å². The van der Waals surface area contributed by atoms with E-state index in [-0.39, 0.29) is 24.2 Å². The van der Waals surface area contributed by atoms with E-state index in [2.05, 4.69) is 5.32 Å². The molecular formula is C13H16FNO3. The summed E-state index contributed by atoms with van der Waals surface area (Å²) >= 11 is 0. The average Bonchev–Trinajstić information content (AvgIpc) is 2.26. The van der Waals surface area contributed by atoms with Crippen molar-refractivity contribution < 1.29 is 19.1 Å². The van der Waals surface area contributed by atoms with Crippen molar-refractivity contribution in [2.45, 2.75) is 32.7 Å². The first-order chi connectivity index (χ1) is 8.40. The lowest BCUT2D eigenvalue weighted by Crippen LogP contribution is -2.33. The summed E-state index contributed by atoms with van der Waals surface area (Å²) in [6.07, 6.45) is 0.366. The number of carboxylic acid groups (broad SMARTS) is 1. The van der Waals surface area contributed by atoms with Crippen molar-refractivity contribution in [1.29, 1.82) is 0 Å². The second-order valence-corrected chi connectivity index (χ2v) is 4.27. The molecule has 4 nitrogen and oxygen atoms in total. The van der Waals surface area contributed by atoms with Crippen molar-refractivity contribution in [2.24, 2.45) is 0 Å². The van der Waals surface area contributed by atoms with Gasteiger partial charge in [0, 0.05) is 18.0 Å². The molecule has 0 spiro atoms. The summed E-state index contributed by atoms with van der Waals surface area (Å²) in [6, 6.07) is 3.70. The molecule has 0 saturated carbocycles. The van der Waals surface area contributed by atoms with Crippen LogP contribution in [-0.2, 0) is 4.79 Å². The summed E-state index contributed by atoms with van der Waals surface area (Å²) < 4.78 is 12.9. The third kappa shape index (κ3) is 4.16. The number of carboxylic acids is 1. The molecule has 0 heterocycles. The highest BCUT2D eigenvalue weighted by molar-refractivity contribution is 5.95. The van der Waals surface area contributed by atoms with Crippen molar-refractivity contribution in [1.82, 2.24) is 5.32 Å². The number of halogens is 1. The van der Waals surface area contributed by atoms with Gasteiger partial charge in [0.05, 0.1) is 0 Å². The third-order valence-electron chi connectivity index (χ3n) is 2.60. The van der Waals surface area contributed by atoms with Gasteiger partial charge in [-0.2, -0.15) is 0 Å². The van der Waals surface area contributed by atoms with Gasteiger partial charge in [-0.1, -0.05) is 0 Å². The number of amides is 1. The first kappa shape index (κ1) is 14.2. The summed E-state index contributed by atoms with van der Waals surface area (Å²) in [7, 11) is 0. The molecule has 0 fully saturated rings. The molecular weight excluding hydrogens is 237 g/mol. The second kappa shape index (κ2) is 6.14. The van der Waals surface area contributed by atoms with Crippen LogP contribution >= 0.6 is 0 Å². The zero-order valence-corrected chi connectivity index (χ0v) is 10.4. The smallest absolute Gasteiger partial charge is 0.303 e.